The lowest BCUT2D eigenvalue weighted by molar-refractivity contribution is 0.232. The summed E-state index contributed by atoms with van der Waals surface area (Å²) in [5, 5.41) is 0. The van der Waals surface area contributed by atoms with E-state index in [1.807, 2.05) is 0 Å². The number of nitrogens with two attached hydrogens (primary N) is 1. The normalized spacial score (nSPS) is 11.9. The van der Waals surface area contributed by atoms with Crippen molar-refractivity contribution in [3.63, 3.8) is 0 Å². The van der Waals surface area contributed by atoms with Gasteiger partial charge in [-0.1, -0.05) is 340 Å². The Hall–Kier alpha value is -2.20. The molecule has 0 aliphatic heterocycles. The molecule has 0 aliphatic rings. The predicted molar refractivity (Wildman–Crippen MR) is 314 cm³/mol. The summed E-state index contributed by atoms with van der Waals surface area (Å²) in [5.41, 5.74) is 9.14. The summed E-state index contributed by atoms with van der Waals surface area (Å²) >= 11 is 0. The van der Waals surface area contributed by atoms with Gasteiger partial charge in [-0.2, -0.15) is 0 Å². The predicted octanol–water partition coefficient (Wildman–Crippen LogP) is 22.7. The first-order valence-corrected chi connectivity index (χ1v) is 32.1. The van der Waals surface area contributed by atoms with Gasteiger partial charge in [0.15, 0.2) is 11.5 Å². The van der Waals surface area contributed by atoms with Crippen LogP contribution < -0.4 is 19.9 Å². The van der Waals surface area contributed by atoms with E-state index in [1.165, 1.54) is 289 Å². The molecule has 2 aromatic rings. The van der Waals surface area contributed by atoms with E-state index in [0.29, 0.717) is 19.8 Å². The van der Waals surface area contributed by atoms with Gasteiger partial charge in [0.1, 0.15) is 0 Å². The van der Waals surface area contributed by atoms with Crippen LogP contribution in [0.3, 0.4) is 0 Å². The molecule has 71 heavy (non-hydrogen) atoms. The molecule has 0 aliphatic carbocycles. The molecule has 1 atom stereocenters. The van der Waals surface area contributed by atoms with Gasteiger partial charge in [-0.3, -0.25) is 0 Å². The number of benzene rings is 2. The second-order valence-corrected chi connectivity index (χ2v) is 22.2. The largest absolute Gasteiger partial charge is 0.490 e. The minimum absolute atomic E-state index is 0.302. The number of hydrogen-bond donors (Lipinski definition) is 1. The van der Waals surface area contributed by atoms with Crippen molar-refractivity contribution < 1.29 is 14.2 Å². The third-order valence-electron chi connectivity index (χ3n) is 15.3. The van der Waals surface area contributed by atoms with Gasteiger partial charge in [0.2, 0.25) is 5.75 Å². The smallest absolute Gasteiger partial charge is 0.203 e. The zero-order chi connectivity index (χ0) is 50.6. The Morgan fingerprint density at radius 1 is 0.282 bits per heavy atom. The molecule has 2 N–H and O–H groups in total. The molecular formula is C67H121NO3. The van der Waals surface area contributed by atoms with Crippen molar-refractivity contribution in [1.29, 1.82) is 0 Å². The molecule has 412 valence electrons. The van der Waals surface area contributed by atoms with Crippen LogP contribution in [0.4, 0.5) is 0 Å². The van der Waals surface area contributed by atoms with Crippen LogP contribution in [0.1, 0.15) is 346 Å². The topological polar surface area (TPSA) is 53.7 Å². The Labute approximate surface area is 443 Å². The average Bonchev–Trinajstić information content (AvgIpc) is 3.39. The van der Waals surface area contributed by atoms with Crippen LogP contribution in [-0.2, 0) is 0 Å². The van der Waals surface area contributed by atoms with Crippen LogP contribution in [-0.4, -0.2) is 19.8 Å². The van der Waals surface area contributed by atoms with Crippen molar-refractivity contribution in [2.75, 3.05) is 19.8 Å². The van der Waals surface area contributed by atoms with E-state index in [1.54, 1.807) is 0 Å². The highest BCUT2D eigenvalue weighted by molar-refractivity contribution is 5.58. The summed E-state index contributed by atoms with van der Waals surface area (Å²) in [4.78, 5) is 0. The van der Waals surface area contributed by atoms with Crippen molar-refractivity contribution in [1.82, 2.24) is 0 Å². The van der Waals surface area contributed by atoms with E-state index in [-0.39, 0.29) is 6.04 Å². The van der Waals surface area contributed by atoms with E-state index in [2.05, 4.69) is 63.2 Å². The number of unbranched alkanes of at least 4 members (excludes halogenated alkanes) is 45. The summed E-state index contributed by atoms with van der Waals surface area (Å²) < 4.78 is 20.2. The molecule has 1 unspecified atom stereocenters. The summed E-state index contributed by atoms with van der Waals surface area (Å²) in [6, 6.07) is 14.4. The molecule has 2 aromatic carbocycles. The van der Waals surface area contributed by atoms with E-state index >= 15 is 0 Å². The molecule has 0 bridgehead atoms. The van der Waals surface area contributed by atoms with Crippen LogP contribution in [0.2, 0.25) is 0 Å². The zero-order valence-corrected chi connectivity index (χ0v) is 48.0. The first-order chi connectivity index (χ1) is 35.2. The maximum atomic E-state index is 7.06. The van der Waals surface area contributed by atoms with Crippen molar-refractivity contribution in [2.45, 2.75) is 335 Å². The maximum Gasteiger partial charge on any atom is 0.203 e. The molecule has 4 nitrogen and oxygen atoms in total. The minimum Gasteiger partial charge on any atom is -0.490 e. The second kappa shape index (κ2) is 51.3. The fourth-order valence-electron chi connectivity index (χ4n) is 10.5. The first kappa shape index (κ1) is 64.9. The van der Waals surface area contributed by atoms with Crippen LogP contribution in [0, 0.1) is 0 Å². The van der Waals surface area contributed by atoms with Gasteiger partial charge in [0, 0.05) is 5.56 Å². The van der Waals surface area contributed by atoms with Crippen molar-refractivity contribution in [2.24, 2.45) is 5.73 Å². The van der Waals surface area contributed by atoms with E-state index in [4.69, 9.17) is 19.9 Å². The van der Waals surface area contributed by atoms with Gasteiger partial charge >= 0.3 is 0 Å². The molecule has 0 radical (unpaired) electrons. The summed E-state index contributed by atoms with van der Waals surface area (Å²) in [6.45, 7) is 8.97. The van der Waals surface area contributed by atoms with Gasteiger partial charge in [-0.05, 0) is 37.0 Å². The molecule has 0 amide bonds. The zero-order valence-electron chi connectivity index (χ0n) is 48.0. The van der Waals surface area contributed by atoms with Gasteiger partial charge in [0.05, 0.1) is 25.9 Å². The minimum atomic E-state index is -0.302. The third kappa shape index (κ3) is 38.1. The van der Waals surface area contributed by atoms with Crippen LogP contribution in [0.15, 0.2) is 42.5 Å². The monoisotopic (exact) mass is 988 g/mol. The van der Waals surface area contributed by atoms with Gasteiger partial charge in [-0.25, -0.2) is 0 Å². The van der Waals surface area contributed by atoms with E-state index < -0.39 is 0 Å². The Balaban J connectivity index is 1.86. The van der Waals surface area contributed by atoms with Crippen molar-refractivity contribution in [3.05, 3.63) is 53.6 Å². The first-order valence-electron chi connectivity index (χ1n) is 32.1. The molecule has 0 fully saturated rings. The number of hydrogen-bond acceptors (Lipinski definition) is 4. The molecule has 0 saturated heterocycles. The highest BCUT2D eigenvalue weighted by atomic mass is 16.5. The standard InChI is InChI=1S/C67H121NO3/c1-4-7-10-13-16-19-22-25-28-31-34-37-40-43-46-52-59-69-64-58-57-63(65(68)62-55-50-49-51-56-62)66(70-60-53-47-44-41-38-35-32-29-26-23-20-17-14-11-8-5-2)67(64)71-61-54-48-45-42-39-36-33-30-27-24-21-18-15-12-9-6-3/h49-51,55-58,65H,4-48,52-54,59-61,68H2,1-3H3. The maximum absolute atomic E-state index is 7.06. The fraction of sp³-hybridized carbons (Fsp3) is 0.821. The fourth-order valence-corrected chi connectivity index (χ4v) is 10.5. The summed E-state index contributed by atoms with van der Waals surface area (Å²) in [6.07, 6.45) is 65.6. The van der Waals surface area contributed by atoms with Crippen LogP contribution >= 0.6 is 0 Å². The molecular weight excluding hydrogens is 867 g/mol. The van der Waals surface area contributed by atoms with Crippen LogP contribution in [0.25, 0.3) is 0 Å². The Bertz CT molecular complexity index is 1360. The molecule has 0 saturated carbocycles. The van der Waals surface area contributed by atoms with Gasteiger partial charge in [-0.15, -0.1) is 0 Å². The molecule has 0 spiro atoms. The number of rotatable bonds is 56. The Morgan fingerprint density at radius 3 is 0.831 bits per heavy atom. The third-order valence-corrected chi connectivity index (χ3v) is 15.3. The summed E-state index contributed by atoms with van der Waals surface area (Å²) in [5.74, 6) is 2.37. The van der Waals surface area contributed by atoms with E-state index in [0.717, 1.165) is 47.6 Å². The van der Waals surface area contributed by atoms with Crippen molar-refractivity contribution in [3.8, 4) is 17.2 Å². The highest BCUT2D eigenvalue weighted by Crippen LogP contribution is 2.44. The van der Waals surface area contributed by atoms with Gasteiger partial charge < -0.3 is 19.9 Å². The lowest BCUT2D eigenvalue weighted by Crippen LogP contribution is -2.15. The Morgan fingerprint density at radius 2 is 0.535 bits per heavy atom. The molecule has 2 rings (SSSR count). The number of ether oxygens (including phenoxy) is 3. The van der Waals surface area contributed by atoms with Crippen LogP contribution in [0.5, 0.6) is 17.2 Å². The SMILES string of the molecule is CCCCCCCCCCCCCCCCCCOc1ccc(C(N)c2ccccc2)c(OCCCCCCCCCCCCCCCCCC)c1OCCCCCCCCCCCCCCCCCC. The lowest BCUT2D eigenvalue weighted by Gasteiger charge is -2.23. The molecule has 4 heteroatoms. The molecule has 0 aromatic heterocycles. The Kier molecular flexibility index (Phi) is 46.9. The second-order valence-electron chi connectivity index (χ2n) is 22.2. The highest BCUT2D eigenvalue weighted by Gasteiger charge is 2.23. The average molecular weight is 989 g/mol. The van der Waals surface area contributed by atoms with Crippen molar-refractivity contribution >= 4 is 0 Å². The molecule has 0 heterocycles. The summed E-state index contributed by atoms with van der Waals surface area (Å²) in [7, 11) is 0. The van der Waals surface area contributed by atoms with Gasteiger partial charge in [0.25, 0.3) is 0 Å². The quantitative estimate of drug-likeness (QED) is 0.0671. The lowest BCUT2D eigenvalue weighted by atomic mass is 9.98. The van der Waals surface area contributed by atoms with E-state index in [9.17, 15) is 0 Å².